The molecular formula is C16H21FIN3S2. The van der Waals surface area contributed by atoms with Gasteiger partial charge >= 0.3 is 0 Å². The Balaban J connectivity index is 0.00000264. The molecule has 3 N–H and O–H groups in total. The molecular weight excluding hydrogens is 444 g/mol. The molecule has 0 saturated carbocycles. The van der Waals surface area contributed by atoms with Gasteiger partial charge in [-0.05, 0) is 54.3 Å². The highest BCUT2D eigenvalue weighted by molar-refractivity contribution is 14.0. The van der Waals surface area contributed by atoms with Gasteiger partial charge in [-0.2, -0.15) is 0 Å². The lowest BCUT2D eigenvalue weighted by molar-refractivity contribution is 0.626. The van der Waals surface area contributed by atoms with Crippen LogP contribution in [0.15, 0.2) is 51.7 Å². The minimum atomic E-state index is -0.199. The van der Waals surface area contributed by atoms with Crippen LogP contribution in [0.5, 0.6) is 0 Å². The topological polar surface area (TPSA) is 50.4 Å². The average molecular weight is 465 g/mol. The number of aliphatic imine (C=N–C) groups is 1. The smallest absolute Gasteiger partial charge is 0.188 e. The van der Waals surface area contributed by atoms with E-state index in [2.05, 4.69) is 27.8 Å². The van der Waals surface area contributed by atoms with Gasteiger partial charge in [0, 0.05) is 22.9 Å². The zero-order valence-electron chi connectivity index (χ0n) is 12.7. The predicted molar refractivity (Wildman–Crippen MR) is 110 cm³/mol. The van der Waals surface area contributed by atoms with Gasteiger partial charge in [0.05, 0.1) is 0 Å². The first-order valence-corrected chi connectivity index (χ1v) is 9.05. The van der Waals surface area contributed by atoms with Crippen LogP contribution in [-0.4, -0.2) is 24.8 Å². The standard InChI is InChI=1S/C16H20FN3S2.HI/c17-13-4-6-15(7-5-13)22-12-2-9-19-16(18)20-10-8-14-3-1-11-21-14;/h1,3-7,11H,2,8-10,12H2,(H3,18,19,20);1H. The number of hydrogen-bond acceptors (Lipinski definition) is 3. The summed E-state index contributed by atoms with van der Waals surface area (Å²) in [5, 5.41) is 5.20. The molecule has 126 valence electrons. The fraction of sp³-hybridized carbons (Fsp3) is 0.312. The summed E-state index contributed by atoms with van der Waals surface area (Å²) in [6.45, 7) is 1.51. The highest BCUT2D eigenvalue weighted by atomic mass is 127. The summed E-state index contributed by atoms with van der Waals surface area (Å²) in [4.78, 5) is 6.72. The second kappa shape index (κ2) is 11.7. The molecule has 0 atom stereocenters. The lowest BCUT2D eigenvalue weighted by Gasteiger charge is -2.04. The van der Waals surface area contributed by atoms with E-state index in [9.17, 15) is 4.39 Å². The first-order valence-electron chi connectivity index (χ1n) is 7.18. The fourth-order valence-corrected chi connectivity index (χ4v) is 3.36. The Morgan fingerprint density at radius 2 is 2.04 bits per heavy atom. The van der Waals surface area contributed by atoms with E-state index in [1.807, 2.05) is 0 Å². The van der Waals surface area contributed by atoms with Crippen molar-refractivity contribution in [3.8, 4) is 0 Å². The highest BCUT2D eigenvalue weighted by Gasteiger charge is 1.97. The van der Waals surface area contributed by atoms with Gasteiger partial charge in [-0.15, -0.1) is 47.1 Å². The van der Waals surface area contributed by atoms with E-state index in [0.29, 0.717) is 12.5 Å². The highest BCUT2D eigenvalue weighted by Crippen LogP contribution is 2.18. The van der Waals surface area contributed by atoms with E-state index in [-0.39, 0.29) is 29.8 Å². The second-order valence-electron chi connectivity index (χ2n) is 4.68. The quantitative estimate of drug-likeness (QED) is 0.203. The summed E-state index contributed by atoms with van der Waals surface area (Å²) in [5.74, 6) is 1.25. The van der Waals surface area contributed by atoms with Crippen molar-refractivity contribution in [2.24, 2.45) is 10.7 Å². The third kappa shape index (κ3) is 8.57. The Morgan fingerprint density at radius 3 is 2.74 bits per heavy atom. The molecule has 1 aromatic heterocycles. The van der Waals surface area contributed by atoms with Crippen LogP contribution in [0.2, 0.25) is 0 Å². The number of thioether (sulfide) groups is 1. The molecule has 1 aromatic carbocycles. The first-order chi connectivity index (χ1) is 10.7. The number of nitrogens with zero attached hydrogens (tertiary/aromatic N) is 1. The minimum absolute atomic E-state index is 0. The van der Waals surface area contributed by atoms with Crippen LogP contribution in [0.1, 0.15) is 11.3 Å². The third-order valence-corrected chi connectivity index (χ3v) is 4.96. The maximum Gasteiger partial charge on any atom is 0.188 e. The zero-order valence-corrected chi connectivity index (χ0v) is 16.7. The maximum atomic E-state index is 12.8. The Morgan fingerprint density at radius 1 is 1.26 bits per heavy atom. The van der Waals surface area contributed by atoms with Crippen molar-refractivity contribution in [3.63, 3.8) is 0 Å². The van der Waals surface area contributed by atoms with Crippen LogP contribution in [0.25, 0.3) is 0 Å². The Hall–Kier alpha value is -0.800. The van der Waals surface area contributed by atoms with Gasteiger partial charge in [0.1, 0.15) is 5.82 Å². The second-order valence-corrected chi connectivity index (χ2v) is 6.88. The SMILES string of the molecule is I.NC(=NCCCSc1ccc(F)cc1)NCCc1cccs1. The Labute approximate surface area is 162 Å². The molecule has 0 bridgehead atoms. The van der Waals surface area contributed by atoms with Crippen molar-refractivity contribution < 1.29 is 4.39 Å². The molecule has 0 fully saturated rings. The minimum Gasteiger partial charge on any atom is -0.370 e. The summed E-state index contributed by atoms with van der Waals surface area (Å²) >= 11 is 3.45. The van der Waals surface area contributed by atoms with Crippen LogP contribution in [0.4, 0.5) is 4.39 Å². The van der Waals surface area contributed by atoms with E-state index in [4.69, 9.17) is 5.73 Å². The molecule has 2 rings (SSSR count). The average Bonchev–Trinajstić information content (AvgIpc) is 3.02. The maximum absolute atomic E-state index is 12.8. The van der Waals surface area contributed by atoms with Crippen molar-refractivity contribution in [2.75, 3.05) is 18.8 Å². The van der Waals surface area contributed by atoms with Gasteiger partial charge in [0.15, 0.2) is 5.96 Å². The number of halogens is 2. The van der Waals surface area contributed by atoms with Crippen LogP contribution >= 0.6 is 47.1 Å². The molecule has 2 aromatic rings. The molecule has 0 aliphatic heterocycles. The zero-order chi connectivity index (χ0) is 15.6. The molecule has 0 unspecified atom stereocenters. The van der Waals surface area contributed by atoms with Crippen LogP contribution < -0.4 is 11.1 Å². The lowest BCUT2D eigenvalue weighted by atomic mass is 10.3. The molecule has 0 aliphatic rings. The van der Waals surface area contributed by atoms with Crippen molar-refractivity contribution >= 4 is 53.0 Å². The molecule has 0 spiro atoms. The van der Waals surface area contributed by atoms with Crippen LogP contribution in [0, 0.1) is 5.82 Å². The summed E-state index contributed by atoms with van der Waals surface area (Å²) < 4.78 is 12.8. The first kappa shape index (κ1) is 20.2. The number of guanidine groups is 1. The normalized spacial score (nSPS) is 11.1. The van der Waals surface area contributed by atoms with Gasteiger partial charge in [0.25, 0.3) is 0 Å². The lowest BCUT2D eigenvalue weighted by Crippen LogP contribution is -2.33. The number of thiophene rings is 1. The third-order valence-electron chi connectivity index (χ3n) is 2.92. The molecule has 0 radical (unpaired) electrons. The summed E-state index contributed by atoms with van der Waals surface area (Å²) in [5.41, 5.74) is 5.82. The van der Waals surface area contributed by atoms with Gasteiger partial charge in [-0.3, -0.25) is 4.99 Å². The van der Waals surface area contributed by atoms with Gasteiger partial charge < -0.3 is 11.1 Å². The molecule has 7 heteroatoms. The summed E-state index contributed by atoms with van der Waals surface area (Å²) in [6, 6.07) is 10.7. The largest absolute Gasteiger partial charge is 0.370 e. The van der Waals surface area contributed by atoms with E-state index >= 15 is 0 Å². The monoisotopic (exact) mass is 465 g/mol. The van der Waals surface area contributed by atoms with Crippen LogP contribution in [-0.2, 0) is 6.42 Å². The van der Waals surface area contributed by atoms with Crippen molar-refractivity contribution in [2.45, 2.75) is 17.7 Å². The van der Waals surface area contributed by atoms with E-state index in [0.717, 1.165) is 30.0 Å². The molecule has 0 amide bonds. The van der Waals surface area contributed by atoms with Crippen LogP contribution in [0.3, 0.4) is 0 Å². The summed E-state index contributed by atoms with van der Waals surface area (Å²) in [6.07, 6.45) is 1.91. The van der Waals surface area contributed by atoms with Gasteiger partial charge in [-0.1, -0.05) is 6.07 Å². The van der Waals surface area contributed by atoms with E-state index in [1.165, 1.54) is 17.0 Å². The molecule has 1 heterocycles. The van der Waals surface area contributed by atoms with E-state index < -0.39 is 0 Å². The molecule has 0 saturated heterocycles. The Kier molecular flexibility index (Phi) is 10.3. The molecule has 23 heavy (non-hydrogen) atoms. The number of benzene rings is 1. The van der Waals surface area contributed by atoms with Gasteiger partial charge in [-0.25, -0.2) is 4.39 Å². The molecule has 3 nitrogen and oxygen atoms in total. The number of hydrogen-bond donors (Lipinski definition) is 2. The van der Waals surface area contributed by atoms with Gasteiger partial charge in [0.2, 0.25) is 0 Å². The fourth-order valence-electron chi connectivity index (χ4n) is 1.81. The number of nitrogens with two attached hydrogens (primary N) is 1. The van der Waals surface area contributed by atoms with E-state index in [1.54, 1.807) is 35.2 Å². The predicted octanol–water partition coefficient (Wildman–Crippen LogP) is 4.13. The Bertz CT molecular complexity index is 574. The molecule has 0 aliphatic carbocycles. The van der Waals surface area contributed by atoms with Crippen molar-refractivity contribution in [3.05, 3.63) is 52.5 Å². The number of rotatable bonds is 8. The van der Waals surface area contributed by atoms with Crippen molar-refractivity contribution in [1.82, 2.24) is 5.32 Å². The summed E-state index contributed by atoms with van der Waals surface area (Å²) in [7, 11) is 0. The van der Waals surface area contributed by atoms with Crippen molar-refractivity contribution in [1.29, 1.82) is 0 Å². The number of nitrogens with one attached hydrogen (secondary N) is 1.